The van der Waals surface area contributed by atoms with Crippen molar-refractivity contribution in [1.82, 2.24) is 0 Å². The number of nitrogens with one attached hydrogen (secondary N) is 1. The number of esters is 1. The van der Waals surface area contributed by atoms with Crippen LogP contribution in [0.15, 0.2) is 36.4 Å². The molecule has 0 spiro atoms. The molecule has 9 nitrogen and oxygen atoms in total. The Morgan fingerprint density at radius 1 is 1.11 bits per heavy atom. The Morgan fingerprint density at radius 2 is 1.79 bits per heavy atom. The molecule has 1 unspecified atom stereocenters. The first-order valence-electron chi connectivity index (χ1n) is 7.94. The summed E-state index contributed by atoms with van der Waals surface area (Å²) in [6, 6.07) is 8.10. The van der Waals surface area contributed by atoms with E-state index in [1.807, 2.05) is 0 Å². The van der Waals surface area contributed by atoms with E-state index in [-0.39, 0.29) is 16.3 Å². The molecule has 0 aliphatic rings. The van der Waals surface area contributed by atoms with Crippen molar-refractivity contribution in [2.45, 2.75) is 13.0 Å². The van der Waals surface area contributed by atoms with Gasteiger partial charge < -0.3 is 19.5 Å². The van der Waals surface area contributed by atoms with Crippen molar-refractivity contribution in [2.24, 2.45) is 0 Å². The van der Waals surface area contributed by atoms with E-state index in [9.17, 15) is 19.7 Å². The Morgan fingerprint density at radius 3 is 2.39 bits per heavy atom. The van der Waals surface area contributed by atoms with E-state index in [2.05, 4.69) is 5.32 Å². The Hall–Kier alpha value is -3.33. The van der Waals surface area contributed by atoms with Crippen LogP contribution in [0.2, 0.25) is 5.02 Å². The Labute approximate surface area is 165 Å². The molecule has 1 N–H and O–H groups in total. The van der Waals surface area contributed by atoms with E-state index in [0.717, 1.165) is 12.1 Å². The van der Waals surface area contributed by atoms with Crippen LogP contribution in [0.4, 0.5) is 11.4 Å². The lowest BCUT2D eigenvalue weighted by atomic mass is 10.2. The van der Waals surface area contributed by atoms with Gasteiger partial charge in [0.15, 0.2) is 17.6 Å². The lowest BCUT2D eigenvalue weighted by Crippen LogP contribution is -2.30. The Kier molecular flexibility index (Phi) is 6.78. The van der Waals surface area contributed by atoms with Gasteiger partial charge in [-0.05, 0) is 25.1 Å². The first-order valence-corrected chi connectivity index (χ1v) is 8.32. The van der Waals surface area contributed by atoms with Gasteiger partial charge >= 0.3 is 5.97 Å². The van der Waals surface area contributed by atoms with E-state index < -0.39 is 22.9 Å². The van der Waals surface area contributed by atoms with Crippen LogP contribution in [0.1, 0.15) is 17.3 Å². The van der Waals surface area contributed by atoms with Gasteiger partial charge in [-0.1, -0.05) is 11.6 Å². The van der Waals surface area contributed by atoms with Crippen LogP contribution in [-0.2, 0) is 9.53 Å². The van der Waals surface area contributed by atoms with Crippen molar-refractivity contribution in [3.8, 4) is 11.5 Å². The minimum atomic E-state index is -1.18. The van der Waals surface area contributed by atoms with Crippen LogP contribution in [0.25, 0.3) is 0 Å². The second-order valence-corrected chi connectivity index (χ2v) is 5.94. The topological polar surface area (TPSA) is 117 Å². The van der Waals surface area contributed by atoms with E-state index in [4.69, 9.17) is 25.8 Å². The number of benzene rings is 2. The number of nitrogens with zero attached hydrogens (tertiary/aromatic N) is 1. The van der Waals surface area contributed by atoms with E-state index in [1.165, 1.54) is 27.2 Å². The summed E-state index contributed by atoms with van der Waals surface area (Å²) in [5, 5.41) is 13.4. The maximum Gasteiger partial charge on any atom is 0.340 e. The number of amides is 1. The SMILES string of the molecule is COc1ccc(NC(=O)C(C)OC(=O)c2cc([N+](=O)[O-])ccc2Cl)cc1OC. The predicted octanol–water partition coefficient (Wildman–Crippen LogP) is 3.45. The molecule has 1 atom stereocenters. The molecule has 0 fully saturated rings. The number of nitro benzene ring substituents is 1. The number of methoxy groups -OCH3 is 2. The highest BCUT2D eigenvalue weighted by molar-refractivity contribution is 6.33. The fourth-order valence-corrected chi connectivity index (χ4v) is 2.41. The van der Waals surface area contributed by atoms with Crippen LogP contribution in [0.3, 0.4) is 0 Å². The first-order chi connectivity index (χ1) is 13.3. The summed E-state index contributed by atoms with van der Waals surface area (Å²) in [7, 11) is 2.94. The van der Waals surface area contributed by atoms with Gasteiger partial charge in [0.2, 0.25) is 0 Å². The van der Waals surface area contributed by atoms with Crippen molar-refractivity contribution in [1.29, 1.82) is 0 Å². The van der Waals surface area contributed by atoms with Crippen LogP contribution in [0, 0.1) is 10.1 Å². The molecule has 2 rings (SSSR count). The molecule has 2 aromatic rings. The third-order valence-electron chi connectivity index (χ3n) is 3.68. The predicted molar refractivity (Wildman–Crippen MR) is 101 cm³/mol. The highest BCUT2D eigenvalue weighted by atomic mass is 35.5. The zero-order valence-electron chi connectivity index (χ0n) is 15.2. The maximum absolute atomic E-state index is 12.3. The zero-order chi connectivity index (χ0) is 20.8. The number of rotatable bonds is 7. The minimum absolute atomic E-state index is 0.0249. The average Bonchev–Trinajstić information content (AvgIpc) is 2.67. The monoisotopic (exact) mass is 408 g/mol. The molecule has 0 bridgehead atoms. The van der Waals surface area contributed by atoms with Gasteiger partial charge in [-0.15, -0.1) is 0 Å². The van der Waals surface area contributed by atoms with Gasteiger partial charge in [0.25, 0.3) is 11.6 Å². The summed E-state index contributed by atoms with van der Waals surface area (Å²) >= 11 is 5.90. The number of hydrogen-bond acceptors (Lipinski definition) is 7. The summed E-state index contributed by atoms with van der Waals surface area (Å²) in [6.45, 7) is 1.36. The van der Waals surface area contributed by atoms with Crippen LogP contribution >= 0.6 is 11.6 Å². The molecule has 0 aromatic heterocycles. The second kappa shape index (κ2) is 9.05. The molecule has 0 radical (unpaired) electrons. The summed E-state index contributed by atoms with van der Waals surface area (Å²) < 4.78 is 15.3. The molecule has 0 aliphatic heterocycles. The van der Waals surface area contributed by atoms with E-state index in [0.29, 0.717) is 17.2 Å². The van der Waals surface area contributed by atoms with Crippen molar-refractivity contribution in [2.75, 3.05) is 19.5 Å². The van der Waals surface area contributed by atoms with Crippen LogP contribution < -0.4 is 14.8 Å². The molecule has 10 heteroatoms. The molecule has 0 heterocycles. The number of carbonyl (C=O) groups is 2. The fourth-order valence-electron chi connectivity index (χ4n) is 2.22. The average molecular weight is 409 g/mol. The van der Waals surface area contributed by atoms with Gasteiger partial charge in [0, 0.05) is 23.9 Å². The standard InChI is InChI=1S/C18H17ClN2O7/c1-10(17(22)20-11-4-7-15(26-2)16(8-11)27-3)28-18(23)13-9-12(21(24)25)5-6-14(13)19/h4-10H,1-3H3,(H,20,22). The molecule has 0 saturated heterocycles. The molecular formula is C18H17ClN2O7. The van der Waals surface area contributed by atoms with Crippen LogP contribution in [0.5, 0.6) is 11.5 Å². The molecule has 1 amide bonds. The third kappa shape index (κ3) is 4.89. The number of hydrogen-bond donors (Lipinski definition) is 1. The number of anilines is 1. The number of nitro groups is 1. The largest absolute Gasteiger partial charge is 0.493 e. The van der Waals surface area contributed by atoms with Crippen molar-refractivity contribution in [3.63, 3.8) is 0 Å². The lowest BCUT2D eigenvalue weighted by Gasteiger charge is -2.15. The quantitative estimate of drug-likeness (QED) is 0.423. The number of ether oxygens (including phenoxy) is 3. The Balaban J connectivity index is 2.09. The highest BCUT2D eigenvalue weighted by Crippen LogP contribution is 2.30. The molecule has 0 aliphatic carbocycles. The molecule has 148 valence electrons. The Bertz CT molecular complexity index is 917. The maximum atomic E-state index is 12.3. The summed E-state index contributed by atoms with van der Waals surface area (Å²) in [5.41, 5.74) is -0.126. The highest BCUT2D eigenvalue weighted by Gasteiger charge is 2.23. The van der Waals surface area contributed by atoms with Crippen molar-refractivity contribution >= 4 is 34.9 Å². The van der Waals surface area contributed by atoms with Gasteiger partial charge in [-0.3, -0.25) is 14.9 Å². The zero-order valence-corrected chi connectivity index (χ0v) is 16.0. The van der Waals surface area contributed by atoms with Crippen molar-refractivity contribution < 1.29 is 28.7 Å². The van der Waals surface area contributed by atoms with Gasteiger partial charge in [-0.25, -0.2) is 4.79 Å². The number of carbonyl (C=O) groups excluding carboxylic acids is 2. The van der Waals surface area contributed by atoms with Gasteiger partial charge in [0.05, 0.1) is 29.7 Å². The number of non-ortho nitro benzene ring substituents is 1. The van der Waals surface area contributed by atoms with Gasteiger partial charge in [0.1, 0.15) is 0 Å². The fraction of sp³-hybridized carbons (Fsp3) is 0.222. The smallest absolute Gasteiger partial charge is 0.340 e. The normalized spacial score (nSPS) is 11.3. The minimum Gasteiger partial charge on any atom is -0.493 e. The van der Waals surface area contributed by atoms with Crippen LogP contribution in [-0.4, -0.2) is 37.1 Å². The summed E-state index contributed by atoms with van der Waals surface area (Å²) in [4.78, 5) is 34.7. The summed E-state index contributed by atoms with van der Waals surface area (Å²) in [5.74, 6) is -0.667. The molecular weight excluding hydrogens is 392 g/mol. The van der Waals surface area contributed by atoms with Gasteiger partial charge in [-0.2, -0.15) is 0 Å². The first kappa shape index (κ1) is 21.0. The van der Waals surface area contributed by atoms with Crippen molar-refractivity contribution in [3.05, 3.63) is 57.1 Å². The molecule has 2 aromatic carbocycles. The van der Waals surface area contributed by atoms with E-state index >= 15 is 0 Å². The third-order valence-corrected chi connectivity index (χ3v) is 4.01. The lowest BCUT2D eigenvalue weighted by molar-refractivity contribution is -0.384. The van der Waals surface area contributed by atoms with E-state index in [1.54, 1.807) is 18.2 Å². The second-order valence-electron chi connectivity index (χ2n) is 5.53. The molecule has 0 saturated carbocycles. The summed E-state index contributed by atoms with van der Waals surface area (Å²) in [6.07, 6.45) is -1.18. The molecule has 28 heavy (non-hydrogen) atoms. The number of halogens is 1.